The van der Waals surface area contributed by atoms with Crippen molar-refractivity contribution in [1.82, 2.24) is 0 Å². The third-order valence-corrected chi connectivity index (χ3v) is 2.13. The first-order valence-corrected chi connectivity index (χ1v) is 5.15. The van der Waals surface area contributed by atoms with Crippen LogP contribution in [0.5, 0.6) is 0 Å². The Morgan fingerprint density at radius 2 is 2.19 bits per heavy atom. The van der Waals surface area contributed by atoms with Crippen LogP contribution in [0.1, 0.15) is 19.4 Å². The van der Waals surface area contributed by atoms with E-state index >= 15 is 0 Å². The first kappa shape index (κ1) is 12.4. The highest BCUT2D eigenvalue weighted by molar-refractivity contribution is 5.59. The van der Waals surface area contributed by atoms with Crippen LogP contribution in [0.4, 0.5) is 11.4 Å². The fraction of sp³-hybridized carbons (Fsp3) is 0.455. The number of nitro benzene ring substituents is 1. The van der Waals surface area contributed by atoms with Crippen LogP contribution in [0, 0.1) is 10.1 Å². The second kappa shape index (κ2) is 5.46. The molecular formula is C11H16N2O3. The van der Waals surface area contributed by atoms with E-state index in [2.05, 4.69) is 0 Å². The van der Waals surface area contributed by atoms with Gasteiger partial charge in [-0.25, -0.2) is 0 Å². The van der Waals surface area contributed by atoms with E-state index in [1.807, 2.05) is 13.8 Å². The predicted molar refractivity (Wildman–Crippen MR) is 62.3 cm³/mol. The Hall–Kier alpha value is -1.62. The van der Waals surface area contributed by atoms with Gasteiger partial charge >= 0.3 is 0 Å². The van der Waals surface area contributed by atoms with E-state index in [0.717, 1.165) is 5.56 Å². The number of nitrogens with two attached hydrogens (primary N) is 1. The third kappa shape index (κ3) is 3.51. The summed E-state index contributed by atoms with van der Waals surface area (Å²) >= 11 is 0. The number of hydrogen-bond acceptors (Lipinski definition) is 4. The van der Waals surface area contributed by atoms with E-state index in [1.54, 1.807) is 12.1 Å². The van der Waals surface area contributed by atoms with Gasteiger partial charge in [-0.05, 0) is 31.9 Å². The molecule has 1 aromatic carbocycles. The average molecular weight is 224 g/mol. The van der Waals surface area contributed by atoms with Gasteiger partial charge in [0, 0.05) is 6.07 Å². The predicted octanol–water partition coefficient (Wildman–Crippen LogP) is 2.14. The number of nitrogens with zero attached hydrogens (tertiary/aromatic N) is 1. The van der Waals surface area contributed by atoms with E-state index in [4.69, 9.17) is 10.5 Å². The molecule has 0 radical (unpaired) electrons. The van der Waals surface area contributed by atoms with Gasteiger partial charge in [0.1, 0.15) is 5.69 Å². The monoisotopic (exact) mass is 224 g/mol. The van der Waals surface area contributed by atoms with Crippen LogP contribution in [0.25, 0.3) is 0 Å². The van der Waals surface area contributed by atoms with Crippen LogP contribution in [0.2, 0.25) is 0 Å². The van der Waals surface area contributed by atoms with Crippen LogP contribution in [-0.4, -0.2) is 17.6 Å². The summed E-state index contributed by atoms with van der Waals surface area (Å²) in [7, 11) is 0. The summed E-state index contributed by atoms with van der Waals surface area (Å²) in [6.07, 6.45) is 0.899. The average Bonchev–Trinajstić information content (AvgIpc) is 2.16. The minimum Gasteiger partial charge on any atom is -0.393 e. The minimum atomic E-state index is -0.482. The molecule has 1 rings (SSSR count). The molecule has 0 fully saturated rings. The molecule has 0 atom stereocenters. The smallest absolute Gasteiger partial charge is 0.292 e. The van der Waals surface area contributed by atoms with Crippen LogP contribution >= 0.6 is 0 Å². The fourth-order valence-corrected chi connectivity index (χ4v) is 1.34. The molecule has 0 aliphatic rings. The van der Waals surface area contributed by atoms with Crippen molar-refractivity contribution in [3.8, 4) is 0 Å². The van der Waals surface area contributed by atoms with Crippen molar-refractivity contribution < 1.29 is 9.66 Å². The maximum atomic E-state index is 10.5. The normalized spacial score (nSPS) is 10.7. The zero-order chi connectivity index (χ0) is 12.1. The van der Waals surface area contributed by atoms with Gasteiger partial charge in [-0.2, -0.15) is 0 Å². The Labute approximate surface area is 94.4 Å². The SMILES string of the molecule is CC(C)OCCc1ccc([N+](=O)[O-])c(N)c1. The standard InChI is InChI=1S/C11H16N2O3/c1-8(2)16-6-5-9-3-4-11(13(14)15)10(12)7-9/h3-4,7-8H,5-6,12H2,1-2H3. The van der Waals surface area contributed by atoms with E-state index < -0.39 is 4.92 Å². The Balaban J connectivity index is 2.63. The molecule has 0 amide bonds. The summed E-state index contributed by atoms with van der Waals surface area (Å²) in [6, 6.07) is 4.76. The van der Waals surface area contributed by atoms with E-state index in [0.29, 0.717) is 13.0 Å². The lowest BCUT2D eigenvalue weighted by molar-refractivity contribution is -0.383. The number of rotatable bonds is 5. The fourth-order valence-electron chi connectivity index (χ4n) is 1.34. The Morgan fingerprint density at radius 3 is 2.69 bits per heavy atom. The van der Waals surface area contributed by atoms with Crippen molar-refractivity contribution in [2.24, 2.45) is 0 Å². The highest BCUT2D eigenvalue weighted by Gasteiger charge is 2.10. The van der Waals surface area contributed by atoms with Crippen molar-refractivity contribution in [1.29, 1.82) is 0 Å². The van der Waals surface area contributed by atoms with E-state index in [9.17, 15) is 10.1 Å². The summed E-state index contributed by atoms with van der Waals surface area (Å²) in [5.41, 5.74) is 6.67. The van der Waals surface area contributed by atoms with Crippen molar-refractivity contribution in [2.75, 3.05) is 12.3 Å². The molecule has 0 saturated carbocycles. The quantitative estimate of drug-likeness (QED) is 0.472. The minimum absolute atomic E-state index is 0.0477. The maximum Gasteiger partial charge on any atom is 0.292 e. The van der Waals surface area contributed by atoms with Crippen LogP contribution in [0.15, 0.2) is 18.2 Å². The molecule has 5 heteroatoms. The summed E-state index contributed by atoms with van der Waals surface area (Å²) in [5.74, 6) is 0. The number of benzene rings is 1. The molecule has 16 heavy (non-hydrogen) atoms. The van der Waals surface area contributed by atoms with E-state index in [-0.39, 0.29) is 17.5 Å². The van der Waals surface area contributed by atoms with Crippen molar-refractivity contribution in [3.05, 3.63) is 33.9 Å². The van der Waals surface area contributed by atoms with Gasteiger partial charge in [0.2, 0.25) is 0 Å². The van der Waals surface area contributed by atoms with Gasteiger partial charge in [0.05, 0.1) is 17.6 Å². The zero-order valence-corrected chi connectivity index (χ0v) is 9.47. The summed E-state index contributed by atoms with van der Waals surface area (Å²) in [5, 5.41) is 10.5. The first-order valence-electron chi connectivity index (χ1n) is 5.15. The van der Waals surface area contributed by atoms with Gasteiger partial charge in [0.15, 0.2) is 0 Å². The maximum absolute atomic E-state index is 10.5. The lowest BCUT2D eigenvalue weighted by Crippen LogP contribution is -2.06. The summed E-state index contributed by atoms with van der Waals surface area (Å²) in [4.78, 5) is 10.1. The lowest BCUT2D eigenvalue weighted by Gasteiger charge is -2.07. The van der Waals surface area contributed by atoms with Gasteiger partial charge < -0.3 is 10.5 Å². The Morgan fingerprint density at radius 1 is 1.50 bits per heavy atom. The van der Waals surface area contributed by atoms with Crippen molar-refractivity contribution >= 4 is 11.4 Å². The van der Waals surface area contributed by atoms with Crippen LogP contribution in [0.3, 0.4) is 0 Å². The molecule has 0 aliphatic carbocycles. The molecule has 0 heterocycles. The lowest BCUT2D eigenvalue weighted by atomic mass is 10.1. The van der Waals surface area contributed by atoms with Crippen molar-refractivity contribution in [3.63, 3.8) is 0 Å². The number of nitrogen functional groups attached to an aromatic ring is 1. The molecule has 0 saturated heterocycles. The largest absolute Gasteiger partial charge is 0.393 e. The zero-order valence-electron chi connectivity index (χ0n) is 9.47. The van der Waals surface area contributed by atoms with Crippen molar-refractivity contribution in [2.45, 2.75) is 26.4 Å². The molecule has 5 nitrogen and oxygen atoms in total. The highest BCUT2D eigenvalue weighted by Crippen LogP contribution is 2.22. The summed E-state index contributed by atoms with van der Waals surface area (Å²) in [6.45, 7) is 4.52. The topological polar surface area (TPSA) is 78.4 Å². The molecule has 0 aromatic heterocycles. The number of nitro groups is 1. The molecule has 0 aliphatic heterocycles. The first-order chi connectivity index (χ1) is 7.50. The Bertz CT molecular complexity index is 377. The van der Waals surface area contributed by atoms with Crippen LogP contribution in [-0.2, 0) is 11.2 Å². The van der Waals surface area contributed by atoms with Gasteiger partial charge in [-0.15, -0.1) is 0 Å². The summed E-state index contributed by atoms with van der Waals surface area (Å²) < 4.78 is 5.39. The Kier molecular flexibility index (Phi) is 4.25. The van der Waals surface area contributed by atoms with Gasteiger partial charge in [-0.3, -0.25) is 10.1 Å². The second-order valence-corrected chi connectivity index (χ2v) is 3.82. The molecule has 0 unspecified atom stereocenters. The molecule has 0 bridgehead atoms. The second-order valence-electron chi connectivity index (χ2n) is 3.82. The van der Waals surface area contributed by atoms with Crippen LogP contribution < -0.4 is 5.73 Å². The molecule has 1 aromatic rings. The van der Waals surface area contributed by atoms with E-state index in [1.165, 1.54) is 6.07 Å². The molecular weight excluding hydrogens is 208 g/mol. The molecule has 88 valence electrons. The third-order valence-electron chi connectivity index (χ3n) is 2.13. The molecule has 0 spiro atoms. The highest BCUT2D eigenvalue weighted by atomic mass is 16.6. The van der Waals surface area contributed by atoms with Gasteiger partial charge in [-0.1, -0.05) is 6.07 Å². The number of anilines is 1. The number of ether oxygens (including phenoxy) is 1. The number of hydrogen-bond donors (Lipinski definition) is 1. The van der Waals surface area contributed by atoms with Gasteiger partial charge in [0.25, 0.3) is 5.69 Å². The molecule has 2 N–H and O–H groups in total.